The van der Waals surface area contributed by atoms with Gasteiger partial charge in [-0.1, -0.05) is 0 Å². The average molecular weight is 141 g/mol. The molecule has 0 bridgehead atoms. The van der Waals surface area contributed by atoms with Crippen LogP contribution in [0.1, 0.15) is 6.42 Å². The van der Waals surface area contributed by atoms with Crippen LogP contribution in [0.15, 0.2) is 0 Å². The van der Waals surface area contributed by atoms with E-state index in [0.29, 0.717) is 13.0 Å². The summed E-state index contributed by atoms with van der Waals surface area (Å²) in [6.45, 7) is 0.401. The van der Waals surface area contributed by atoms with Crippen LogP contribution in [0.4, 0.5) is 0 Å². The molecule has 0 amide bonds. The van der Waals surface area contributed by atoms with Crippen molar-refractivity contribution in [2.24, 2.45) is 5.41 Å². The van der Waals surface area contributed by atoms with E-state index in [-0.39, 0.29) is 6.61 Å². The van der Waals surface area contributed by atoms with Crippen LogP contribution >= 0.6 is 0 Å². The van der Waals surface area contributed by atoms with Crippen molar-refractivity contribution in [3.8, 4) is 6.07 Å². The average Bonchev–Trinajstić information content (AvgIpc) is 2.35. The van der Waals surface area contributed by atoms with E-state index in [1.165, 1.54) is 0 Å². The smallest absolute Gasteiger partial charge is 0.326 e. The molecule has 1 rings (SSSR count). The van der Waals surface area contributed by atoms with Gasteiger partial charge in [-0.3, -0.25) is 4.79 Å². The zero-order chi connectivity index (χ0) is 7.61. The van der Waals surface area contributed by atoms with Gasteiger partial charge in [0.25, 0.3) is 0 Å². The second kappa shape index (κ2) is 2.27. The highest BCUT2D eigenvalue weighted by Gasteiger charge is 2.42. The van der Waals surface area contributed by atoms with E-state index >= 15 is 0 Å². The summed E-state index contributed by atoms with van der Waals surface area (Å²) in [5.41, 5.74) is -1.26. The molecular weight excluding hydrogens is 134 g/mol. The molecule has 0 aromatic rings. The molecule has 10 heavy (non-hydrogen) atoms. The molecule has 1 fully saturated rings. The monoisotopic (exact) mass is 141 g/mol. The van der Waals surface area contributed by atoms with Gasteiger partial charge in [-0.25, -0.2) is 0 Å². The van der Waals surface area contributed by atoms with Crippen LogP contribution in [0.25, 0.3) is 0 Å². The molecule has 0 radical (unpaired) electrons. The highest BCUT2D eigenvalue weighted by atomic mass is 16.5. The van der Waals surface area contributed by atoms with Crippen LogP contribution in [0, 0.1) is 16.7 Å². The predicted octanol–water partition coefficient (Wildman–Crippen LogP) is 0.00128. The van der Waals surface area contributed by atoms with Gasteiger partial charge in [-0.05, 0) is 0 Å². The summed E-state index contributed by atoms with van der Waals surface area (Å²) in [6, 6.07) is 1.75. The van der Waals surface area contributed by atoms with Gasteiger partial charge in [-0.2, -0.15) is 5.26 Å². The quantitative estimate of drug-likeness (QED) is 0.558. The summed E-state index contributed by atoms with van der Waals surface area (Å²) in [7, 11) is 0. The Morgan fingerprint density at radius 1 is 1.80 bits per heavy atom. The molecule has 0 unspecified atom stereocenters. The summed E-state index contributed by atoms with van der Waals surface area (Å²) in [5, 5.41) is 17.0. The van der Waals surface area contributed by atoms with Crippen molar-refractivity contribution in [1.82, 2.24) is 0 Å². The summed E-state index contributed by atoms with van der Waals surface area (Å²) in [5.74, 6) is -1.08. The molecule has 1 aliphatic rings. The highest BCUT2D eigenvalue weighted by Crippen LogP contribution is 2.27. The lowest BCUT2D eigenvalue weighted by molar-refractivity contribution is -0.145. The lowest BCUT2D eigenvalue weighted by Gasteiger charge is -2.09. The van der Waals surface area contributed by atoms with Gasteiger partial charge >= 0.3 is 5.97 Å². The van der Waals surface area contributed by atoms with Gasteiger partial charge in [0, 0.05) is 13.0 Å². The van der Waals surface area contributed by atoms with Gasteiger partial charge in [0.2, 0.25) is 0 Å². The molecule has 4 heteroatoms. The third kappa shape index (κ3) is 0.847. The van der Waals surface area contributed by atoms with E-state index in [1.807, 2.05) is 0 Å². The Hall–Kier alpha value is -1.08. The van der Waals surface area contributed by atoms with Crippen molar-refractivity contribution in [3.05, 3.63) is 0 Å². The SMILES string of the molecule is N#C[C@@]1(C(=O)O)CCOC1. The van der Waals surface area contributed by atoms with E-state index in [4.69, 9.17) is 15.1 Å². The highest BCUT2D eigenvalue weighted by molar-refractivity contribution is 5.78. The maximum absolute atomic E-state index is 10.5. The minimum atomic E-state index is -1.26. The molecule has 0 aliphatic carbocycles. The number of rotatable bonds is 1. The van der Waals surface area contributed by atoms with Crippen LogP contribution in [-0.4, -0.2) is 24.3 Å². The van der Waals surface area contributed by atoms with Crippen molar-refractivity contribution < 1.29 is 14.6 Å². The van der Waals surface area contributed by atoms with Crippen molar-refractivity contribution in [3.63, 3.8) is 0 Å². The number of carboxylic acid groups (broad SMARTS) is 1. The largest absolute Gasteiger partial charge is 0.480 e. The van der Waals surface area contributed by atoms with Crippen molar-refractivity contribution in [2.45, 2.75) is 6.42 Å². The standard InChI is InChI=1S/C6H7NO3/c7-3-6(5(8)9)1-2-10-4-6/h1-2,4H2,(H,8,9)/t6-/m0/s1. The molecule has 4 nitrogen and oxygen atoms in total. The number of nitrogens with zero attached hydrogens (tertiary/aromatic N) is 1. The molecular formula is C6H7NO3. The Morgan fingerprint density at radius 3 is 2.70 bits per heavy atom. The van der Waals surface area contributed by atoms with Gasteiger partial charge in [0.1, 0.15) is 0 Å². The number of ether oxygens (including phenoxy) is 1. The Bertz CT molecular complexity index is 188. The van der Waals surface area contributed by atoms with Gasteiger partial charge in [0.15, 0.2) is 5.41 Å². The maximum Gasteiger partial charge on any atom is 0.326 e. The Labute approximate surface area is 58.0 Å². The molecule has 54 valence electrons. The number of carbonyl (C=O) groups is 1. The summed E-state index contributed by atoms with van der Waals surface area (Å²) in [6.07, 6.45) is 0.304. The van der Waals surface area contributed by atoms with Gasteiger partial charge in [0.05, 0.1) is 12.7 Å². The lowest BCUT2D eigenvalue weighted by atomic mass is 9.90. The summed E-state index contributed by atoms with van der Waals surface area (Å²) >= 11 is 0. The van der Waals surface area contributed by atoms with Crippen LogP contribution < -0.4 is 0 Å². The summed E-state index contributed by atoms with van der Waals surface area (Å²) in [4.78, 5) is 10.5. The third-order valence-corrected chi connectivity index (χ3v) is 1.65. The summed E-state index contributed by atoms with van der Waals surface area (Å²) < 4.78 is 4.81. The fourth-order valence-electron chi connectivity index (χ4n) is 0.870. The minimum absolute atomic E-state index is 0.0266. The van der Waals surface area contributed by atoms with E-state index in [9.17, 15) is 4.79 Å². The molecule has 1 N–H and O–H groups in total. The normalized spacial score (nSPS) is 31.5. The number of carboxylic acids is 1. The Balaban J connectivity index is 2.80. The lowest BCUT2D eigenvalue weighted by Crippen LogP contribution is -2.29. The predicted molar refractivity (Wildman–Crippen MR) is 31.1 cm³/mol. The first-order chi connectivity index (χ1) is 4.71. The zero-order valence-electron chi connectivity index (χ0n) is 5.33. The zero-order valence-corrected chi connectivity index (χ0v) is 5.33. The Morgan fingerprint density at radius 2 is 2.50 bits per heavy atom. The first-order valence-electron chi connectivity index (χ1n) is 2.94. The van der Waals surface area contributed by atoms with Crippen molar-refractivity contribution >= 4 is 5.97 Å². The first kappa shape index (κ1) is 7.03. The van der Waals surface area contributed by atoms with E-state index in [0.717, 1.165) is 0 Å². The number of aliphatic carboxylic acids is 1. The molecule has 1 atom stereocenters. The molecule has 1 aliphatic heterocycles. The molecule has 0 aromatic carbocycles. The van der Waals surface area contributed by atoms with Crippen LogP contribution in [0.3, 0.4) is 0 Å². The topological polar surface area (TPSA) is 70.3 Å². The van der Waals surface area contributed by atoms with Crippen LogP contribution in [0.5, 0.6) is 0 Å². The second-order valence-corrected chi connectivity index (χ2v) is 2.30. The minimum Gasteiger partial charge on any atom is -0.480 e. The third-order valence-electron chi connectivity index (χ3n) is 1.65. The van der Waals surface area contributed by atoms with Crippen molar-refractivity contribution in [1.29, 1.82) is 5.26 Å². The fraction of sp³-hybridized carbons (Fsp3) is 0.667. The maximum atomic E-state index is 10.5. The molecule has 0 aromatic heterocycles. The van der Waals surface area contributed by atoms with Crippen molar-refractivity contribution in [2.75, 3.05) is 13.2 Å². The van der Waals surface area contributed by atoms with E-state index < -0.39 is 11.4 Å². The molecule has 0 saturated carbocycles. The van der Waals surface area contributed by atoms with Gasteiger partial charge < -0.3 is 9.84 Å². The van der Waals surface area contributed by atoms with Gasteiger partial charge in [-0.15, -0.1) is 0 Å². The first-order valence-corrected chi connectivity index (χ1v) is 2.94. The van der Waals surface area contributed by atoms with E-state index in [1.54, 1.807) is 6.07 Å². The van der Waals surface area contributed by atoms with Crippen LogP contribution in [-0.2, 0) is 9.53 Å². The van der Waals surface area contributed by atoms with Crippen LogP contribution in [0.2, 0.25) is 0 Å². The Kier molecular flexibility index (Phi) is 1.60. The number of nitriles is 1. The molecule has 1 heterocycles. The second-order valence-electron chi connectivity index (χ2n) is 2.30. The fourth-order valence-corrected chi connectivity index (χ4v) is 0.870. The number of hydrogen-bond donors (Lipinski definition) is 1. The molecule has 1 saturated heterocycles. The van der Waals surface area contributed by atoms with E-state index in [2.05, 4.69) is 0 Å². The molecule has 0 spiro atoms. The number of hydrogen-bond acceptors (Lipinski definition) is 3.